The molecule has 0 aliphatic carbocycles. The molecule has 6 heavy (non-hydrogen) atoms. The molecule has 0 aromatic carbocycles. The molecule has 1 radical (unpaired) electrons. The topological polar surface area (TPSA) is 24.7 Å². The Morgan fingerprint density at radius 3 is 2.83 bits per heavy atom. The van der Waals surface area contributed by atoms with E-state index >= 15 is 0 Å². The molecule has 2 nitrogen and oxygen atoms in total. The molecule has 1 rings (SSSR count). The Morgan fingerprint density at radius 1 is 1.83 bits per heavy atom. The molecule has 2 heteroatoms. The predicted octanol–water partition coefficient (Wildman–Crippen LogP) is 0.303. The molecule has 0 N–H and O–H groups in total. The predicted molar refractivity (Wildman–Crippen MR) is 26.2 cm³/mol. The highest BCUT2D eigenvalue weighted by molar-refractivity contribution is 6.33. The van der Waals surface area contributed by atoms with Crippen molar-refractivity contribution >= 4 is 11.9 Å². The van der Waals surface area contributed by atoms with Gasteiger partial charge in [-0.2, -0.15) is 0 Å². The van der Waals surface area contributed by atoms with Gasteiger partial charge in [-0.1, -0.05) is 0 Å². The minimum Gasteiger partial charge on any atom is -0.268 e. The van der Waals surface area contributed by atoms with Crippen molar-refractivity contribution in [3.05, 3.63) is 6.92 Å². The Kier molecular flexibility index (Phi) is 0.708. The normalized spacial score (nSPS) is 18.5. The van der Waals surface area contributed by atoms with Gasteiger partial charge in [0.25, 0.3) is 0 Å². The van der Waals surface area contributed by atoms with Gasteiger partial charge in [0, 0.05) is 6.21 Å². The van der Waals surface area contributed by atoms with E-state index in [1.165, 1.54) is 0 Å². The van der Waals surface area contributed by atoms with Crippen LogP contribution in [-0.2, 0) is 0 Å². The van der Waals surface area contributed by atoms with Crippen molar-refractivity contribution in [2.45, 2.75) is 0 Å². The van der Waals surface area contributed by atoms with Crippen LogP contribution in [-0.4, -0.2) is 18.6 Å². The van der Waals surface area contributed by atoms with Gasteiger partial charge in [-0.15, -0.1) is 0 Å². The lowest BCUT2D eigenvalue weighted by Crippen LogP contribution is -1.83. The molecule has 0 amide bonds. The van der Waals surface area contributed by atoms with Crippen LogP contribution < -0.4 is 0 Å². The van der Waals surface area contributed by atoms with Crippen molar-refractivity contribution in [3.8, 4) is 0 Å². The van der Waals surface area contributed by atoms with Gasteiger partial charge >= 0.3 is 0 Å². The minimum atomic E-state index is 0.582. The first-order valence-corrected chi connectivity index (χ1v) is 1.76. The molecular weight excluding hydrogens is 76.1 g/mol. The summed E-state index contributed by atoms with van der Waals surface area (Å²) in [6, 6.07) is 0. The minimum absolute atomic E-state index is 0.582. The first-order valence-electron chi connectivity index (χ1n) is 1.76. The summed E-state index contributed by atoms with van der Waals surface area (Å²) in [4.78, 5) is 7.59. The summed E-state index contributed by atoms with van der Waals surface area (Å²) in [5.74, 6) is 0. The lowest BCUT2D eigenvalue weighted by Gasteiger charge is -1.69. The number of hydrogen-bond donors (Lipinski definition) is 0. The van der Waals surface area contributed by atoms with Crippen LogP contribution in [0.15, 0.2) is 9.98 Å². The van der Waals surface area contributed by atoms with Crippen molar-refractivity contribution < 1.29 is 0 Å². The molecular formula is C4H5N2. The highest BCUT2D eigenvalue weighted by atomic mass is 15.0. The quantitative estimate of drug-likeness (QED) is 0.400. The van der Waals surface area contributed by atoms with E-state index in [9.17, 15) is 0 Å². The van der Waals surface area contributed by atoms with Crippen LogP contribution >= 0.6 is 0 Å². The van der Waals surface area contributed by atoms with Gasteiger partial charge in [0.1, 0.15) is 6.67 Å². The van der Waals surface area contributed by atoms with E-state index in [4.69, 9.17) is 0 Å². The van der Waals surface area contributed by atoms with E-state index in [0.717, 1.165) is 5.71 Å². The van der Waals surface area contributed by atoms with Crippen LogP contribution in [0.5, 0.6) is 0 Å². The molecule has 0 fully saturated rings. The lowest BCUT2D eigenvalue weighted by molar-refractivity contribution is 1.11. The molecule has 0 spiro atoms. The molecule has 0 saturated heterocycles. The van der Waals surface area contributed by atoms with Crippen molar-refractivity contribution in [2.24, 2.45) is 9.98 Å². The van der Waals surface area contributed by atoms with E-state index in [-0.39, 0.29) is 0 Å². The fourth-order valence-corrected chi connectivity index (χ4v) is 0.319. The highest BCUT2D eigenvalue weighted by Crippen LogP contribution is 1.82. The van der Waals surface area contributed by atoms with Crippen molar-refractivity contribution in [2.75, 3.05) is 6.67 Å². The average Bonchev–Trinajstić information content (AvgIpc) is 1.86. The maximum Gasteiger partial charge on any atom is 0.129 e. The number of aliphatic imine (C=N–C) groups is 2. The third-order valence-electron chi connectivity index (χ3n) is 0.596. The fourth-order valence-electron chi connectivity index (χ4n) is 0.319. The first-order chi connectivity index (χ1) is 2.89. The van der Waals surface area contributed by atoms with Gasteiger partial charge < -0.3 is 0 Å². The second-order valence-corrected chi connectivity index (χ2v) is 1.10. The third-order valence-corrected chi connectivity index (χ3v) is 0.596. The third kappa shape index (κ3) is 0.455. The van der Waals surface area contributed by atoms with Gasteiger partial charge in [0.2, 0.25) is 0 Å². The molecule has 0 atom stereocenters. The molecule has 1 aliphatic rings. The number of nitrogens with zero attached hydrogens (tertiary/aromatic N) is 2. The van der Waals surface area contributed by atoms with Crippen molar-refractivity contribution in [1.82, 2.24) is 0 Å². The van der Waals surface area contributed by atoms with E-state index in [1.807, 2.05) is 0 Å². The summed E-state index contributed by atoms with van der Waals surface area (Å²) in [6.45, 7) is 4.12. The van der Waals surface area contributed by atoms with Gasteiger partial charge in [0.15, 0.2) is 0 Å². The number of hydrogen-bond acceptors (Lipinski definition) is 2. The molecule has 0 aromatic rings. The van der Waals surface area contributed by atoms with Crippen LogP contribution in [0.2, 0.25) is 0 Å². The van der Waals surface area contributed by atoms with Crippen LogP contribution in [0.25, 0.3) is 0 Å². The number of rotatable bonds is 0. The summed E-state index contributed by atoms with van der Waals surface area (Å²) < 4.78 is 0. The van der Waals surface area contributed by atoms with Crippen LogP contribution in [0, 0.1) is 6.92 Å². The van der Waals surface area contributed by atoms with Gasteiger partial charge in [-0.25, -0.2) is 0 Å². The average molecular weight is 81.1 g/mol. The Hall–Kier alpha value is -0.660. The fraction of sp³-hybridized carbons (Fsp3) is 0.250. The Labute approximate surface area is 36.6 Å². The molecule has 1 heterocycles. The van der Waals surface area contributed by atoms with Crippen molar-refractivity contribution in [1.29, 1.82) is 0 Å². The molecule has 0 unspecified atom stereocenters. The van der Waals surface area contributed by atoms with E-state index < -0.39 is 0 Å². The summed E-state index contributed by atoms with van der Waals surface area (Å²) in [5.41, 5.74) is 0.787. The first kappa shape index (κ1) is 3.53. The van der Waals surface area contributed by atoms with Crippen LogP contribution in [0.4, 0.5) is 0 Å². The maximum absolute atomic E-state index is 3.82. The van der Waals surface area contributed by atoms with E-state index in [2.05, 4.69) is 16.9 Å². The highest BCUT2D eigenvalue weighted by Gasteiger charge is 1.87. The molecule has 0 saturated carbocycles. The van der Waals surface area contributed by atoms with Crippen LogP contribution in [0.1, 0.15) is 0 Å². The Bertz CT molecular complexity index is 99.4. The van der Waals surface area contributed by atoms with Gasteiger partial charge in [0.05, 0.1) is 5.71 Å². The van der Waals surface area contributed by atoms with Gasteiger partial charge in [-0.3, -0.25) is 9.98 Å². The second kappa shape index (κ2) is 1.20. The summed E-state index contributed by atoms with van der Waals surface area (Å²) in [5, 5.41) is 0. The van der Waals surface area contributed by atoms with E-state index in [0.29, 0.717) is 6.67 Å². The van der Waals surface area contributed by atoms with Crippen LogP contribution in [0.3, 0.4) is 0 Å². The molecule has 31 valence electrons. The Balaban J connectivity index is 2.68. The largest absolute Gasteiger partial charge is 0.268 e. The van der Waals surface area contributed by atoms with E-state index in [1.54, 1.807) is 6.21 Å². The summed E-state index contributed by atoms with van der Waals surface area (Å²) in [7, 11) is 0. The van der Waals surface area contributed by atoms with Gasteiger partial charge in [-0.05, 0) is 6.92 Å². The van der Waals surface area contributed by atoms with Crippen molar-refractivity contribution in [3.63, 3.8) is 0 Å². The molecule has 0 aromatic heterocycles. The zero-order valence-corrected chi connectivity index (χ0v) is 3.39. The standard InChI is InChI=1S/C4H5N2/c1-4-2-5-3-6-4/h2H,1,3H2. The monoisotopic (exact) mass is 81.0 g/mol. The second-order valence-electron chi connectivity index (χ2n) is 1.10. The Morgan fingerprint density at radius 2 is 2.67 bits per heavy atom. The SMILES string of the molecule is [CH2]C1=NCN=C1. The maximum atomic E-state index is 3.82. The smallest absolute Gasteiger partial charge is 0.129 e. The molecule has 0 bridgehead atoms. The zero-order chi connectivity index (χ0) is 4.41. The zero-order valence-electron chi connectivity index (χ0n) is 3.39. The lowest BCUT2D eigenvalue weighted by atomic mass is 10.5. The molecule has 1 aliphatic heterocycles. The summed E-state index contributed by atoms with van der Waals surface area (Å²) in [6.07, 6.45) is 1.67. The summed E-state index contributed by atoms with van der Waals surface area (Å²) >= 11 is 0.